The number of halogens is 3. The molecule has 1 aliphatic carbocycles. The lowest BCUT2D eigenvalue weighted by atomic mass is 9.81. The van der Waals surface area contributed by atoms with Gasteiger partial charge in [-0.3, -0.25) is 0 Å². The van der Waals surface area contributed by atoms with Crippen molar-refractivity contribution in [2.45, 2.75) is 56.8 Å². The Labute approximate surface area is 236 Å². The van der Waals surface area contributed by atoms with Crippen molar-refractivity contribution in [1.82, 2.24) is 4.57 Å². The van der Waals surface area contributed by atoms with Crippen LogP contribution in [-0.2, 0) is 16.1 Å². The van der Waals surface area contributed by atoms with Crippen molar-refractivity contribution in [3.05, 3.63) is 53.6 Å². The number of ether oxygens (including phenoxy) is 2. The van der Waals surface area contributed by atoms with E-state index in [0.717, 1.165) is 23.4 Å². The molecule has 41 heavy (non-hydrogen) atoms. The number of para-hydroxylation sites is 1. The number of aromatic carboxylic acids is 1. The largest absolute Gasteiger partial charge is 0.542 e. The molecule has 222 valence electrons. The van der Waals surface area contributed by atoms with Crippen LogP contribution in [-0.4, -0.2) is 67.7 Å². The molecular weight excluding hydrogens is 541 g/mol. The fraction of sp³-hybridized carbons (Fsp3) is 0.467. The number of aromatic nitrogens is 1. The van der Waals surface area contributed by atoms with Crippen LogP contribution in [0.4, 0.5) is 13.2 Å². The van der Waals surface area contributed by atoms with E-state index in [4.69, 9.17) is 19.4 Å². The fourth-order valence-electron chi connectivity index (χ4n) is 5.55. The zero-order chi connectivity index (χ0) is 29.7. The number of rotatable bonds is 6. The van der Waals surface area contributed by atoms with Gasteiger partial charge in [-0.25, -0.2) is 4.79 Å². The average Bonchev–Trinajstić information content (AvgIpc) is 3.23. The number of fused-ring (bicyclic) bond motifs is 5. The third kappa shape index (κ3) is 7.20. The number of hydrogen-bond acceptors (Lipinski definition) is 5. The van der Waals surface area contributed by atoms with Crippen LogP contribution < -0.4 is 14.7 Å². The first-order valence-corrected chi connectivity index (χ1v) is 13.8. The second-order valence-electron chi connectivity index (χ2n) is 10.8. The summed E-state index contributed by atoms with van der Waals surface area (Å²) in [6, 6.07) is 13.9. The van der Waals surface area contributed by atoms with Crippen molar-refractivity contribution < 1.29 is 47.3 Å². The smallest absolute Gasteiger partial charge is 0.430 e. The summed E-state index contributed by atoms with van der Waals surface area (Å²) in [6.45, 7) is 2.68. The summed E-state index contributed by atoms with van der Waals surface area (Å²) in [4.78, 5) is 22.0. The standard InChI is InChI=1S/C28H34N2O4.C2HF3O2/c1-29(2)14-15-33-21-17-30-24-16-20(28(31)32)12-13-22(24)26(19-8-4-3-5-9-19)27(30)23-10-6-7-11-25(23)34-18-21;3-2(4,5)1(6)7/h6-7,10-13,16,19,21H,3-5,8-9,14-15,17-18H2,1-2H3,(H,31,32);(H,6,7)/t21-;/m0./s1. The molecule has 0 radical (unpaired) electrons. The Balaban J connectivity index is 0.000000493. The number of benzene rings is 2. The molecule has 0 unspecified atom stereocenters. The minimum absolute atomic E-state index is 0.116. The molecule has 1 atom stereocenters. The molecule has 0 spiro atoms. The van der Waals surface area contributed by atoms with E-state index < -0.39 is 18.1 Å². The number of nitrogens with zero attached hydrogens (tertiary/aromatic N) is 1. The Bertz CT molecular complexity index is 1380. The summed E-state index contributed by atoms with van der Waals surface area (Å²) in [7, 11) is 4.24. The fourth-order valence-corrected chi connectivity index (χ4v) is 5.55. The molecule has 2 aromatic carbocycles. The number of likely N-dealkylation sites (N-methyl/N-ethyl adjacent to an activating group) is 1. The monoisotopic (exact) mass is 576 g/mol. The van der Waals surface area contributed by atoms with E-state index in [2.05, 4.69) is 30.8 Å². The highest BCUT2D eigenvalue weighted by atomic mass is 19.4. The van der Waals surface area contributed by atoms with Gasteiger partial charge in [0.1, 0.15) is 31.0 Å². The van der Waals surface area contributed by atoms with Crippen molar-refractivity contribution in [2.75, 3.05) is 33.9 Å². The SMILES string of the molecule is C[NH+](C)CCO[C@@H]1COc2ccccc2-c2c(C3CCCCC3)c3ccc(C(=O)O)cc3n2C1.O=C([O-])C(F)(F)F. The minimum Gasteiger partial charge on any atom is -0.542 e. The summed E-state index contributed by atoms with van der Waals surface area (Å²) in [5.41, 5.74) is 4.92. The van der Waals surface area contributed by atoms with Crippen LogP contribution in [0.25, 0.3) is 22.2 Å². The molecule has 2 N–H and O–H groups in total. The molecule has 2 aliphatic rings. The van der Waals surface area contributed by atoms with Gasteiger partial charge >= 0.3 is 12.1 Å². The van der Waals surface area contributed by atoms with Gasteiger partial charge in [0.25, 0.3) is 0 Å². The Morgan fingerprint density at radius 2 is 1.80 bits per heavy atom. The van der Waals surface area contributed by atoms with Gasteiger partial charge in [0.05, 0.1) is 38.5 Å². The maximum absolute atomic E-state index is 11.9. The van der Waals surface area contributed by atoms with E-state index in [0.29, 0.717) is 31.2 Å². The number of carbonyl (C=O) groups is 2. The zero-order valence-electron chi connectivity index (χ0n) is 23.1. The van der Waals surface area contributed by atoms with E-state index >= 15 is 0 Å². The van der Waals surface area contributed by atoms with Crippen molar-refractivity contribution >= 4 is 22.8 Å². The van der Waals surface area contributed by atoms with Crippen LogP contribution in [0.15, 0.2) is 42.5 Å². The third-order valence-electron chi connectivity index (χ3n) is 7.50. The zero-order valence-corrected chi connectivity index (χ0v) is 23.1. The lowest BCUT2D eigenvalue weighted by molar-refractivity contribution is -0.858. The molecule has 11 heteroatoms. The summed E-state index contributed by atoms with van der Waals surface area (Å²) in [6.07, 6.45) is 0.788. The van der Waals surface area contributed by atoms with E-state index in [1.165, 1.54) is 53.6 Å². The van der Waals surface area contributed by atoms with Gasteiger partial charge in [-0.2, -0.15) is 13.2 Å². The predicted molar refractivity (Wildman–Crippen MR) is 144 cm³/mol. The highest BCUT2D eigenvalue weighted by Crippen LogP contribution is 2.47. The van der Waals surface area contributed by atoms with Crippen LogP contribution in [0.5, 0.6) is 5.75 Å². The number of nitrogens with one attached hydrogen (secondary N) is 1. The number of alkyl halides is 3. The first-order chi connectivity index (χ1) is 19.5. The molecule has 0 saturated heterocycles. The quantitative estimate of drug-likeness (QED) is 0.467. The molecule has 0 amide bonds. The van der Waals surface area contributed by atoms with Crippen LogP contribution in [0.2, 0.25) is 0 Å². The highest BCUT2D eigenvalue weighted by molar-refractivity contribution is 5.98. The summed E-state index contributed by atoms with van der Waals surface area (Å²) in [5.74, 6) is -2.57. The lowest BCUT2D eigenvalue weighted by Gasteiger charge is -2.28. The summed E-state index contributed by atoms with van der Waals surface area (Å²) >= 11 is 0. The molecule has 0 bridgehead atoms. The van der Waals surface area contributed by atoms with Gasteiger partial charge in [0.2, 0.25) is 0 Å². The maximum Gasteiger partial charge on any atom is 0.430 e. The van der Waals surface area contributed by atoms with Gasteiger partial charge in [-0.15, -0.1) is 0 Å². The van der Waals surface area contributed by atoms with Crippen molar-refractivity contribution in [3.8, 4) is 17.0 Å². The highest BCUT2D eigenvalue weighted by Gasteiger charge is 2.31. The Kier molecular flexibility index (Phi) is 9.60. The lowest BCUT2D eigenvalue weighted by Crippen LogP contribution is -3.06. The van der Waals surface area contributed by atoms with E-state index in [9.17, 15) is 23.1 Å². The van der Waals surface area contributed by atoms with Gasteiger partial charge in [0, 0.05) is 16.5 Å². The predicted octanol–water partition coefficient (Wildman–Crippen LogP) is 3.27. The number of carboxylic acid groups (broad SMARTS) is 2. The third-order valence-corrected chi connectivity index (χ3v) is 7.50. The van der Waals surface area contributed by atoms with Gasteiger partial charge < -0.3 is 33.9 Å². The van der Waals surface area contributed by atoms with Crippen LogP contribution >= 0.6 is 0 Å². The van der Waals surface area contributed by atoms with E-state index in [1.807, 2.05) is 24.3 Å². The molecular formula is C30H35F3N2O6. The molecule has 8 nitrogen and oxygen atoms in total. The van der Waals surface area contributed by atoms with Gasteiger partial charge in [-0.05, 0) is 48.6 Å². The topological polar surface area (TPSA) is 105 Å². The first kappa shape index (κ1) is 30.4. The molecule has 1 aromatic heterocycles. The van der Waals surface area contributed by atoms with Crippen molar-refractivity contribution in [3.63, 3.8) is 0 Å². The van der Waals surface area contributed by atoms with Crippen LogP contribution in [0.1, 0.15) is 53.9 Å². The van der Waals surface area contributed by atoms with E-state index in [1.54, 1.807) is 6.07 Å². The number of aliphatic carboxylic acids is 1. The number of carbonyl (C=O) groups excluding carboxylic acids is 1. The molecule has 1 aliphatic heterocycles. The number of hydrogen-bond donors (Lipinski definition) is 2. The van der Waals surface area contributed by atoms with Gasteiger partial charge in [0.15, 0.2) is 0 Å². The molecule has 2 heterocycles. The van der Waals surface area contributed by atoms with Gasteiger partial charge in [-0.1, -0.05) is 37.5 Å². The Hall–Kier alpha value is -3.57. The minimum atomic E-state index is -5.19. The van der Waals surface area contributed by atoms with Crippen LogP contribution in [0.3, 0.4) is 0 Å². The second kappa shape index (κ2) is 12.9. The Morgan fingerprint density at radius 3 is 2.44 bits per heavy atom. The average molecular weight is 577 g/mol. The number of carboxylic acids is 2. The molecule has 1 saturated carbocycles. The van der Waals surface area contributed by atoms with Crippen molar-refractivity contribution in [2.24, 2.45) is 0 Å². The molecule has 5 rings (SSSR count). The summed E-state index contributed by atoms with van der Waals surface area (Å²) < 4.78 is 46.5. The van der Waals surface area contributed by atoms with E-state index in [-0.39, 0.29) is 6.10 Å². The number of quaternary nitrogens is 1. The Morgan fingerprint density at radius 1 is 1.12 bits per heavy atom. The molecule has 3 aromatic rings. The van der Waals surface area contributed by atoms with Crippen LogP contribution in [0, 0.1) is 0 Å². The second-order valence-corrected chi connectivity index (χ2v) is 10.8. The molecule has 1 fully saturated rings. The van der Waals surface area contributed by atoms with Crippen molar-refractivity contribution in [1.29, 1.82) is 0 Å². The summed E-state index contributed by atoms with van der Waals surface area (Å²) in [5, 5.41) is 19.7. The maximum atomic E-state index is 11.9. The normalized spacial score (nSPS) is 17.5. The first-order valence-electron chi connectivity index (χ1n) is 13.8.